The summed E-state index contributed by atoms with van der Waals surface area (Å²) in [6, 6.07) is 6.66. The maximum absolute atomic E-state index is 10.9. The van der Waals surface area contributed by atoms with Gasteiger partial charge in [-0.15, -0.1) is 0 Å². The number of methoxy groups -OCH3 is 1. The van der Waals surface area contributed by atoms with Gasteiger partial charge in [-0.3, -0.25) is 0 Å². The highest BCUT2D eigenvalue weighted by Crippen LogP contribution is 2.45. The zero-order valence-electron chi connectivity index (χ0n) is 22.1. The van der Waals surface area contributed by atoms with Crippen LogP contribution in [0.5, 0.6) is 28.7 Å². The van der Waals surface area contributed by atoms with Gasteiger partial charge in [0.1, 0.15) is 65.7 Å². The van der Waals surface area contributed by atoms with Gasteiger partial charge in [0.05, 0.1) is 25.9 Å². The summed E-state index contributed by atoms with van der Waals surface area (Å²) in [5.74, 6) is -0.619. The number of aliphatic hydroxyl groups excluding tert-OH is 6. The van der Waals surface area contributed by atoms with E-state index in [9.17, 15) is 46.0 Å². The van der Waals surface area contributed by atoms with E-state index in [1.165, 1.54) is 37.5 Å². The predicted octanol–water partition coefficient (Wildman–Crippen LogP) is -1.43. The van der Waals surface area contributed by atoms with E-state index in [0.717, 1.165) is 6.07 Å². The number of benzene rings is 2. The fraction of sp³-hybridized carbons (Fsp3) is 0.481. The largest absolute Gasteiger partial charge is 0.508 e. The molecule has 230 valence electrons. The zero-order chi connectivity index (χ0) is 30.3. The SMILES string of the molecule is COc1cc(C2Oc3cc(O)cc(O)c3C=C2O[C@@H]2O[C@@H](CO)[C@@H](O[C@H]3OC[C@@H](O)[C@@H](O)[C@H]3O)[C@H](O)[C@H]2O)ccc1O. The normalized spacial score (nSPS) is 34.6. The van der Waals surface area contributed by atoms with Gasteiger partial charge in [-0.25, -0.2) is 0 Å². The standard InChI is InChI=1S/C27H32O15/c1-37-17-4-10(2-3-13(17)30)24-18(7-12-14(31)5-11(29)6-16(12)39-24)40-27-23(36)21(34)25(19(8-28)41-27)42-26-22(35)20(33)15(32)9-38-26/h2-7,15,19-36H,8-9H2,1H3/t15-,19+,20-,21-,22-,23-,24?,25-,26-,27-/m1/s1. The Morgan fingerprint density at radius 3 is 2.33 bits per heavy atom. The molecule has 10 atom stereocenters. The number of fused-ring (bicyclic) bond motifs is 1. The first kappa shape index (κ1) is 30.1. The Bertz CT molecular complexity index is 1300. The second-order valence-electron chi connectivity index (χ2n) is 10.0. The van der Waals surface area contributed by atoms with E-state index in [1.807, 2.05) is 0 Å². The average Bonchev–Trinajstić information content (AvgIpc) is 2.97. The molecule has 0 bridgehead atoms. The molecule has 2 fully saturated rings. The van der Waals surface area contributed by atoms with Crippen molar-refractivity contribution in [2.45, 2.75) is 61.4 Å². The lowest BCUT2D eigenvalue weighted by Gasteiger charge is -2.45. The van der Waals surface area contributed by atoms with E-state index in [4.69, 9.17) is 28.4 Å². The van der Waals surface area contributed by atoms with Crippen LogP contribution in [0.3, 0.4) is 0 Å². The molecule has 0 saturated carbocycles. The summed E-state index contributed by atoms with van der Waals surface area (Å²) in [6.45, 7) is -1.12. The molecule has 0 amide bonds. The van der Waals surface area contributed by atoms with Crippen molar-refractivity contribution in [1.82, 2.24) is 0 Å². The number of rotatable bonds is 7. The Labute approximate surface area is 238 Å². The van der Waals surface area contributed by atoms with E-state index in [0.29, 0.717) is 5.56 Å². The van der Waals surface area contributed by atoms with Crippen molar-refractivity contribution < 1.29 is 74.4 Å². The van der Waals surface area contributed by atoms with Crippen LogP contribution in [-0.4, -0.2) is 122 Å². The quantitative estimate of drug-likeness (QED) is 0.178. The maximum atomic E-state index is 10.9. The van der Waals surface area contributed by atoms with Crippen molar-refractivity contribution in [2.24, 2.45) is 0 Å². The van der Waals surface area contributed by atoms with Gasteiger partial charge < -0.3 is 74.4 Å². The lowest BCUT2D eigenvalue weighted by atomic mass is 9.97. The number of ether oxygens (including phenoxy) is 6. The minimum Gasteiger partial charge on any atom is -0.508 e. The first-order chi connectivity index (χ1) is 20.0. The molecule has 2 aromatic carbocycles. The molecule has 2 saturated heterocycles. The molecule has 42 heavy (non-hydrogen) atoms. The molecule has 9 N–H and O–H groups in total. The maximum Gasteiger partial charge on any atom is 0.228 e. The fourth-order valence-corrected chi connectivity index (χ4v) is 4.93. The molecule has 5 rings (SSSR count). The van der Waals surface area contributed by atoms with Crippen LogP contribution in [0.1, 0.15) is 17.2 Å². The van der Waals surface area contributed by atoms with Crippen LogP contribution in [0.25, 0.3) is 6.08 Å². The highest BCUT2D eigenvalue weighted by Gasteiger charge is 2.50. The predicted molar refractivity (Wildman–Crippen MR) is 137 cm³/mol. The summed E-state index contributed by atoms with van der Waals surface area (Å²) in [5.41, 5.74) is 0.513. The summed E-state index contributed by atoms with van der Waals surface area (Å²) >= 11 is 0. The Hall–Kier alpha value is -3.38. The van der Waals surface area contributed by atoms with Gasteiger partial charge in [0, 0.05) is 17.7 Å². The molecule has 2 aromatic rings. The summed E-state index contributed by atoms with van der Waals surface area (Å²) in [7, 11) is 1.35. The topological polar surface area (TPSA) is 237 Å². The zero-order valence-corrected chi connectivity index (χ0v) is 22.1. The summed E-state index contributed by atoms with van der Waals surface area (Å²) < 4.78 is 33.7. The van der Waals surface area contributed by atoms with Gasteiger partial charge in [-0.1, -0.05) is 6.07 Å². The van der Waals surface area contributed by atoms with E-state index in [-0.39, 0.29) is 46.7 Å². The highest BCUT2D eigenvalue weighted by molar-refractivity contribution is 5.69. The minimum atomic E-state index is -1.81. The van der Waals surface area contributed by atoms with Crippen LogP contribution in [0.15, 0.2) is 36.1 Å². The number of phenols is 3. The molecule has 0 aromatic heterocycles. The van der Waals surface area contributed by atoms with Crippen LogP contribution in [0.2, 0.25) is 0 Å². The summed E-state index contributed by atoms with van der Waals surface area (Å²) in [4.78, 5) is 0. The molecular formula is C27H32O15. The van der Waals surface area contributed by atoms with Crippen molar-refractivity contribution in [3.63, 3.8) is 0 Å². The third-order valence-corrected chi connectivity index (χ3v) is 7.22. The molecule has 1 unspecified atom stereocenters. The minimum absolute atomic E-state index is 0.0355. The number of hydrogen-bond acceptors (Lipinski definition) is 15. The molecule has 3 heterocycles. The van der Waals surface area contributed by atoms with Gasteiger partial charge in [-0.2, -0.15) is 0 Å². The number of hydrogen-bond donors (Lipinski definition) is 9. The Balaban J connectivity index is 1.42. The van der Waals surface area contributed by atoms with Gasteiger partial charge in [0.25, 0.3) is 0 Å². The molecule has 0 aliphatic carbocycles. The molecule has 3 aliphatic heterocycles. The van der Waals surface area contributed by atoms with Crippen molar-refractivity contribution in [3.05, 3.63) is 47.2 Å². The monoisotopic (exact) mass is 596 g/mol. The highest BCUT2D eigenvalue weighted by atomic mass is 16.7. The van der Waals surface area contributed by atoms with Crippen LogP contribution < -0.4 is 9.47 Å². The Morgan fingerprint density at radius 1 is 0.881 bits per heavy atom. The summed E-state index contributed by atoms with van der Waals surface area (Å²) in [6.07, 6.45) is -13.9. The van der Waals surface area contributed by atoms with Crippen LogP contribution in [0.4, 0.5) is 0 Å². The summed E-state index contributed by atoms with van der Waals surface area (Å²) in [5, 5.41) is 92.1. The molecule has 0 spiro atoms. The van der Waals surface area contributed by atoms with Crippen molar-refractivity contribution in [3.8, 4) is 28.7 Å². The second kappa shape index (κ2) is 12.1. The van der Waals surface area contributed by atoms with E-state index in [1.54, 1.807) is 0 Å². The van der Waals surface area contributed by atoms with Gasteiger partial charge in [-0.05, 0) is 18.2 Å². The molecule has 0 radical (unpaired) electrons. The van der Waals surface area contributed by atoms with Crippen LogP contribution >= 0.6 is 0 Å². The van der Waals surface area contributed by atoms with Crippen LogP contribution in [0, 0.1) is 0 Å². The van der Waals surface area contributed by atoms with Gasteiger partial charge in [0.2, 0.25) is 6.29 Å². The Kier molecular flexibility index (Phi) is 8.66. The van der Waals surface area contributed by atoms with Crippen molar-refractivity contribution in [2.75, 3.05) is 20.3 Å². The molecular weight excluding hydrogens is 564 g/mol. The van der Waals surface area contributed by atoms with Crippen molar-refractivity contribution >= 4 is 6.08 Å². The van der Waals surface area contributed by atoms with E-state index >= 15 is 0 Å². The second-order valence-corrected chi connectivity index (χ2v) is 10.0. The fourth-order valence-electron chi connectivity index (χ4n) is 4.93. The lowest BCUT2D eigenvalue weighted by molar-refractivity contribution is -0.345. The first-order valence-corrected chi connectivity index (χ1v) is 12.9. The number of aliphatic hydroxyl groups is 6. The lowest BCUT2D eigenvalue weighted by Crippen LogP contribution is -2.63. The Morgan fingerprint density at radius 2 is 1.62 bits per heavy atom. The smallest absolute Gasteiger partial charge is 0.228 e. The van der Waals surface area contributed by atoms with Gasteiger partial charge in [0.15, 0.2) is 23.9 Å². The average molecular weight is 597 g/mol. The first-order valence-electron chi connectivity index (χ1n) is 12.9. The molecule has 15 nitrogen and oxygen atoms in total. The third kappa shape index (κ3) is 5.66. The van der Waals surface area contributed by atoms with E-state index in [2.05, 4.69) is 0 Å². The van der Waals surface area contributed by atoms with E-state index < -0.39 is 68.0 Å². The van der Waals surface area contributed by atoms with Gasteiger partial charge >= 0.3 is 0 Å². The number of phenolic OH excluding ortho intramolecular Hbond substituents is 3. The molecule has 15 heteroatoms. The number of aromatic hydroxyl groups is 3. The third-order valence-electron chi connectivity index (χ3n) is 7.22. The van der Waals surface area contributed by atoms with Crippen LogP contribution in [-0.2, 0) is 18.9 Å². The van der Waals surface area contributed by atoms with Crippen molar-refractivity contribution in [1.29, 1.82) is 0 Å². The molecule has 3 aliphatic rings.